The summed E-state index contributed by atoms with van der Waals surface area (Å²) in [6.45, 7) is 4.94. The summed E-state index contributed by atoms with van der Waals surface area (Å²) in [4.78, 5) is 17.5. The third-order valence-electron chi connectivity index (χ3n) is 6.38. The number of ether oxygens (including phenoxy) is 3. The second kappa shape index (κ2) is 10.6. The van der Waals surface area contributed by atoms with E-state index in [0.29, 0.717) is 32.7 Å². The summed E-state index contributed by atoms with van der Waals surface area (Å²) in [6, 6.07) is 18.4. The largest absolute Gasteiger partial charge is 0.487 e. The van der Waals surface area contributed by atoms with E-state index in [1.807, 2.05) is 35.2 Å². The zero-order valence-corrected chi connectivity index (χ0v) is 20.4. The van der Waals surface area contributed by atoms with Gasteiger partial charge in [0.2, 0.25) is 5.91 Å². The van der Waals surface area contributed by atoms with Crippen molar-refractivity contribution in [2.24, 2.45) is 0 Å². The van der Waals surface area contributed by atoms with Gasteiger partial charge in [-0.1, -0.05) is 30.3 Å². The van der Waals surface area contributed by atoms with Gasteiger partial charge in [-0.15, -0.1) is 11.3 Å². The van der Waals surface area contributed by atoms with Gasteiger partial charge in [-0.25, -0.2) is 0 Å². The van der Waals surface area contributed by atoms with Gasteiger partial charge in [-0.2, -0.15) is 0 Å². The van der Waals surface area contributed by atoms with Gasteiger partial charge in [0.25, 0.3) is 0 Å². The van der Waals surface area contributed by atoms with Crippen LogP contribution in [0.2, 0.25) is 0 Å². The lowest BCUT2D eigenvalue weighted by atomic mass is 10.1. The van der Waals surface area contributed by atoms with Crippen LogP contribution in [-0.4, -0.2) is 43.3 Å². The molecule has 1 unspecified atom stereocenters. The van der Waals surface area contributed by atoms with Crippen molar-refractivity contribution in [3.8, 4) is 21.9 Å². The molecule has 0 N–H and O–H groups in total. The highest BCUT2D eigenvalue weighted by Crippen LogP contribution is 2.40. The monoisotopic (exact) mass is 477 g/mol. The van der Waals surface area contributed by atoms with Crippen LogP contribution in [0.4, 0.5) is 0 Å². The summed E-state index contributed by atoms with van der Waals surface area (Å²) in [5.41, 5.74) is 3.11. The summed E-state index contributed by atoms with van der Waals surface area (Å²) >= 11 is 1.76. The number of aryl methyl sites for hydroxylation is 1. The number of hydrogen-bond donors (Lipinski definition) is 0. The number of amides is 1. The van der Waals surface area contributed by atoms with Crippen LogP contribution >= 0.6 is 11.3 Å². The maximum atomic E-state index is 13.1. The molecular weight excluding hydrogens is 446 g/mol. The van der Waals surface area contributed by atoms with E-state index in [4.69, 9.17) is 14.2 Å². The lowest BCUT2D eigenvalue weighted by Crippen LogP contribution is -2.33. The van der Waals surface area contributed by atoms with Crippen molar-refractivity contribution in [1.29, 1.82) is 0 Å². The Morgan fingerprint density at radius 1 is 1.12 bits per heavy atom. The van der Waals surface area contributed by atoms with Crippen LogP contribution in [0.3, 0.4) is 0 Å². The van der Waals surface area contributed by atoms with Gasteiger partial charge in [0.15, 0.2) is 11.5 Å². The number of carbonyl (C=O) groups excluding carboxylic acids is 1. The van der Waals surface area contributed by atoms with E-state index in [-0.39, 0.29) is 12.0 Å². The van der Waals surface area contributed by atoms with Crippen LogP contribution in [-0.2, 0) is 22.5 Å². The second-order valence-electron chi connectivity index (χ2n) is 9.00. The average molecular weight is 478 g/mol. The molecule has 1 fully saturated rings. The maximum Gasteiger partial charge on any atom is 0.227 e. The van der Waals surface area contributed by atoms with E-state index in [1.165, 1.54) is 16.2 Å². The zero-order valence-electron chi connectivity index (χ0n) is 19.6. The number of nitrogens with zero attached hydrogens (tertiary/aromatic N) is 1. The van der Waals surface area contributed by atoms with Crippen molar-refractivity contribution in [3.63, 3.8) is 0 Å². The molecule has 3 aromatic rings. The zero-order chi connectivity index (χ0) is 23.3. The molecule has 0 aliphatic carbocycles. The number of fused-ring (bicyclic) bond motifs is 1. The Morgan fingerprint density at radius 3 is 2.76 bits per heavy atom. The summed E-state index contributed by atoms with van der Waals surface area (Å²) in [6.07, 6.45) is 3.83. The molecule has 178 valence electrons. The molecule has 5 nitrogen and oxygen atoms in total. The van der Waals surface area contributed by atoms with Crippen molar-refractivity contribution < 1.29 is 19.0 Å². The van der Waals surface area contributed by atoms with E-state index < -0.39 is 0 Å². The minimum atomic E-state index is 0.109. The predicted molar refractivity (Wildman–Crippen MR) is 135 cm³/mol. The first-order valence-electron chi connectivity index (χ1n) is 12.1. The Morgan fingerprint density at radius 2 is 2.00 bits per heavy atom. The minimum absolute atomic E-state index is 0.109. The van der Waals surface area contributed by atoms with Crippen LogP contribution in [0.1, 0.15) is 35.3 Å². The molecule has 3 heterocycles. The van der Waals surface area contributed by atoms with E-state index >= 15 is 0 Å². The summed E-state index contributed by atoms with van der Waals surface area (Å²) in [7, 11) is 0. The van der Waals surface area contributed by atoms with Gasteiger partial charge in [-0.3, -0.25) is 4.79 Å². The Labute approximate surface area is 205 Å². The molecule has 1 amide bonds. The highest BCUT2D eigenvalue weighted by molar-refractivity contribution is 7.15. The molecule has 1 atom stereocenters. The van der Waals surface area contributed by atoms with E-state index in [2.05, 4.69) is 31.2 Å². The second-order valence-corrected chi connectivity index (χ2v) is 10.3. The third kappa shape index (κ3) is 5.45. The number of benzene rings is 2. The highest BCUT2D eigenvalue weighted by Gasteiger charge is 2.25. The number of thiophene rings is 1. The summed E-state index contributed by atoms with van der Waals surface area (Å²) < 4.78 is 18.4. The topological polar surface area (TPSA) is 48.0 Å². The molecule has 0 saturated carbocycles. The first-order chi connectivity index (χ1) is 16.7. The third-order valence-corrected chi connectivity index (χ3v) is 7.42. The average Bonchev–Trinajstić information content (AvgIpc) is 3.18. The van der Waals surface area contributed by atoms with Gasteiger partial charge >= 0.3 is 0 Å². The molecule has 1 saturated heterocycles. The van der Waals surface area contributed by atoms with Crippen molar-refractivity contribution in [2.45, 2.75) is 45.3 Å². The highest BCUT2D eigenvalue weighted by atomic mass is 32.1. The molecule has 0 bridgehead atoms. The Kier molecular flexibility index (Phi) is 7.16. The van der Waals surface area contributed by atoms with E-state index in [9.17, 15) is 4.79 Å². The van der Waals surface area contributed by atoms with Crippen molar-refractivity contribution >= 4 is 17.2 Å². The van der Waals surface area contributed by atoms with Crippen LogP contribution in [0.5, 0.6) is 11.5 Å². The normalized spacial score (nSPS) is 18.0. The fourth-order valence-electron chi connectivity index (χ4n) is 4.54. The lowest BCUT2D eigenvalue weighted by molar-refractivity contribution is -0.131. The minimum Gasteiger partial charge on any atom is -0.487 e. The molecule has 34 heavy (non-hydrogen) atoms. The lowest BCUT2D eigenvalue weighted by Gasteiger charge is -2.24. The quantitative estimate of drug-likeness (QED) is 0.461. The fraction of sp³-hybridized carbons (Fsp3) is 0.393. The molecular formula is C28H31NO4S. The Hall–Kier alpha value is -2.83. The first-order valence-corrected chi connectivity index (χ1v) is 12.9. The molecule has 5 rings (SSSR count). The van der Waals surface area contributed by atoms with Crippen molar-refractivity contribution in [1.82, 2.24) is 4.90 Å². The molecule has 0 radical (unpaired) electrons. The molecule has 2 aliphatic heterocycles. The van der Waals surface area contributed by atoms with Crippen LogP contribution in [0.25, 0.3) is 10.4 Å². The molecule has 6 heteroatoms. The maximum absolute atomic E-state index is 13.1. The van der Waals surface area contributed by atoms with Gasteiger partial charge in [0, 0.05) is 28.5 Å². The molecule has 1 aromatic heterocycles. The van der Waals surface area contributed by atoms with Crippen LogP contribution in [0.15, 0.2) is 54.6 Å². The van der Waals surface area contributed by atoms with Crippen LogP contribution < -0.4 is 9.47 Å². The Balaban J connectivity index is 1.41. The SMILES string of the molecule is Cc1ccc(-c2cc3c(c(OCC4CCCCO4)c2)OCCN(C(=O)Cc2ccccc2)C3)s1. The smallest absolute Gasteiger partial charge is 0.227 e. The van der Waals surface area contributed by atoms with Gasteiger partial charge in [-0.05, 0) is 61.6 Å². The fourth-order valence-corrected chi connectivity index (χ4v) is 5.39. The molecule has 0 spiro atoms. The van der Waals surface area contributed by atoms with E-state index in [1.54, 1.807) is 11.3 Å². The van der Waals surface area contributed by atoms with Crippen molar-refractivity contribution in [3.05, 3.63) is 70.6 Å². The number of hydrogen-bond acceptors (Lipinski definition) is 5. The number of carbonyl (C=O) groups is 1. The van der Waals surface area contributed by atoms with Gasteiger partial charge < -0.3 is 19.1 Å². The van der Waals surface area contributed by atoms with Crippen LogP contribution in [0, 0.1) is 6.92 Å². The molecule has 2 aromatic carbocycles. The number of rotatable bonds is 6. The standard InChI is InChI=1S/C28H31NO4S/c1-20-10-11-26(34-20)22-16-23-18-29(27(30)15-21-7-3-2-4-8-21)12-14-32-28(23)25(17-22)33-19-24-9-5-6-13-31-24/h2-4,7-8,10-11,16-17,24H,5-6,9,12-15,18-19H2,1H3. The predicted octanol–water partition coefficient (Wildman–Crippen LogP) is 5.64. The summed E-state index contributed by atoms with van der Waals surface area (Å²) in [5, 5.41) is 0. The van der Waals surface area contributed by atoms with E-state index in [0.717, 1.165) is 47.6 Å². The Bertz CT molecular complexity index is 1120. The van der Waals surface area contributed by atoms with Crippen molar-refractivity contribution in [2.75, 3.05) is 26.4 Å². The molecule has 2 aliphatic rings. The summed E-state index contributed by atoms with van der Waals surface area (Å²) in [5.74, 6) is 1.60. The first kappa shape index (κ1) is 22.9. The van der Waals surface area contributed by atoms with Gasteiger partial charge in [0.1, 0.15) is 13.2 Å². The van der Waals surface area contributed by atoms with Gasteiger partial charge in [0.05, 0.1) is 19.1 Å².